The lowest BCUT2D eigenvalue weighted by Crippen LogP contribution is -2.29. The van der Waals surface area contributed by atoms with Gasteiger partial charge in [-0.3, -0.25) is 4.79 Å². The van der Waals surface area contributed by atoms with Gasteiger partial charge >= 0.3 is 0 Å². The molecule has 0 fully saturated rings. The Kier molecular flexibility index (Phi) is 4.98. The van der Waals surface area contributed by atoms with Crippen LogP contribution >= 0.6 is 0 Å². The van der Waals surface area contributed by atoms with Crippen LogP contribution < -0.4 is 10.1 Å². The zero-order valence-corrected chi connectivity index (χ0v) is 11.3. The molecule has 0 bridgehead atoms. The van der Waals surface area contributed by atoms with Crippen LogP contribution in [-0.2, 0) is 0 Å². The molecular formula is C15H11F2N3O2. The van der Waals surface area contributed by atoms with Crippen LogP contribution in [0.2, 0.25) is 0 Å². The molecule has 0 saturated heterocycles. The molecule has 2 aromatic rings. The third-order valence-corrected chi connectivity index (χ3v) is 2.69. The number of rotatable bonds is 5. The molecule has 0 aliphatic heterocycles. The molecule has 0 saturated carbocycles. The van der Waals surface area contributed by atoms with Crippen LogP contribution in [0.15, 0.2) is 36.5 Å². The number of aromatic nitrogens is 1. The van der Waals surface area contributed by atoms with Gasteiger partial charge in [0, 0.05) is 12.3 Å². The van der Waals surface area contributed by atoms with E-state index in [0.29, 0.717) is 5.56 Å². The van der Waals surface area contributed by atoms with E-state index in [0.717, 1.165) is 12.1 Å². The summed E-state index contributed by atoms with van der Waals surface area (Å²) in [6, 6.07) is 8.17. The average Bonchev–Trinajstić information content (AvgIpc) is 2.52. The number of carbonyl (C=O) groups excluding carboxylic acids is 1. The van der Waals surface area contributed by atoms with Crippen LogP contribution in [0.4, 0.5) is 8.78 Å². The normalized spacial score (nSPS) is 9.86. The maximum atomic E-state index is 13.4. The Morgan fingerprint density at radius 3 is 2.59 bits per heavy atom. The highest BCUT2D eigenvalue weighted by Crippen LogP contribution is 2.11. The summed E-state index contributed by atoms with van der Waals surface area (Å²) < 4.78 is 32.0. The monoisotopic (exact) mass is 303 g/mol. The van der Waals surface area contributed by atoms with Crippen molar-refractivity contribution in [2.45, 2.75) is 0 Å². The molecular weight excluding hydrogens is 292 g/mol. The molecule has 0 aliphatic carbocycles. The predicted molar refractivity (Wildman–Crippen MR) is 73.1 cm³/mol. The average molecular weight is 303 g/mol. The first-order valence-corrected chi connectivity index (χ1v) is 6.33. The molecule has 5 nitrogen and oxygen atoms in total. The van der Waals surface area contributed by atoms with Gasteiger partial charge < -0.3 is 10.1 Å². The van der Waals surface area contributed by atoms with E-state index in [4.69, 9.17) is 10.00 Å². The number of carbonyl (C=O) groups is 1. The summed E-state index contributed by atoms with van der Waals surface area (Å²) in [7, 11) is 0. The first-order valence-electron chi connectivity index (χ1n) is 6.33. The van der Waals surface area contributed by atoms with Gasteiger partial charge in [-0.2, -0.15) is 5.26 Å². The van der Waals surface area contributed by atoms with Crippen LogP contribution in [0.1, 0.15) is 15.9 Å². The Balaban J connectivity index is 1.83. The van der Waals surface area contributed by atoms with E-state index in [1.165, 1.54) is 24.4 Å². The van der Waals surface area contributed by atoms with E-state index in [-0.39, 0.29) is 19.0 Å². The highest BCUT2D eigenvalue weighted by atomic mass is 19.1. The number of ether oxygens (including phenoxy) is 1. The predicted octanol–water partition coefficient (Wildman–Crippen LogP) is 2.04. The quantitative estimate of drug-likeness (QED) is 0.858. The molecule has 1 heterocycles. The van der Waals surface area contributed by atoms with Crippen molar-refractivity contribution in [3.63, 3.8) is 0 Å². The minimum Gasteiger partial charge on any atom is -0.476 e. The van der Waals surface area contributed by atoms with Crippen LogP contribution in [0.5, 0.6) is 5.88 Å². The number of halogens is 2. The lowest BCUT2D eigenvalue weighted by molar-refractivity contribution is 0.0938. The van der Waals surface area contributed by atoms with Gasteiger partial charge in [-0.25, -0.2) is 13.8 Å². The number of hydrogen-bond donors (Lipinski definition) is 1. The molecule has 22 heavy (non-hydrogen) atoms. The molecule has 1 N–H and O–H groups in total. The summed E-state index contributed by atoms with van der Waals surface area (Å²) in [5, 5.41) is 11.0. The number of nitrogens with zero attached hydrogens (tertiary/aromatic N) is 2. The van der Waals surface area contributed by atoms with Gasteiger partial charge in [0.15, 0.2) is 0 Å². The Labute approximate surface area is 125 Å². The fourth-order valence-corrected chi connectivity index (χ4v) is 1.66. The molecule has 2 rings (SSSR count). The van der Waals surface area contributed by atoms with Crippen molar-refractivity contribution in [3.05, 3.63) is 59.3 Å². The minimum absolute atomic E-state index is 0.0499. The number of pyridine rings is 1. The summed E-state index contributed by atoms with van der Waals surface area (Å²) in [5.74, 6) is -2.42. The maximum Gasteiger partial charge on any atom is 0.257 e. The molecule has 0 atom stereocenters. The second kappa shape index (κ2) is 7.13. The van der Waals surface area contributed by atoms with Crippen molar-refractivity contribution in [1.29, 1.82) is 5.26 Å². The molecule has 0 radical (unpaired) electrons. The highest BCUT2D eigenvalue weighted by molar-refractivity contribution is 5.94. The maximum absolute atomic E-state index is 13.4. The molecule has 1 amide bonds. The third-order valence-electron chi connectivity index (χ3n) is 2.69. The first kappa shape index (κ1) is 15.4. The molecule has 112 valence electrons. The summed E-state index contributed by atoms with van der Waals surface area (Å²) in [4.78, 5) is 15.6. The fourth-order valence-electron chi connectivity index (χ4n) is 1.66. The van der Waals surface area contributed by atoms with Gasteiger partial charge in [-0.1, -0.05) is 6.07 Å². The van der Waals surface area contributed by atoms with Gasteiger partial charge in [-0.05, 0) is 18.2 Å². The topological polar surface area (TPSA) is 75.0 Å². The second-order valence-corrected chi connectivity index (χ2v) is 4.20. The van der Waals surface area contributed by atoms with Gasteiger partial charge in [0.1, 0.15) is 29.9 Å². The van der Waals surface area contributed by atoms with Crippen LogP contribution in [0, 0.1) is 23.0 Å². The van der Waals surface area contributed by atoms with Gasteiger partial charge in [0.05, 0.1) is 12.1 Å². The second-order valence-electron chi connectivity index (χ2n) is 4.20. The van der Waals surface area contributed by atoms with Crippen molar-refractivity contribution in [3.8, 4) is 11.9 Å². The third kappa shape index (κ3) is 3.76. The Morgan fingerprint density at radius 2 is 2.00 bits per heavy atom. The smallest absolute Gasteiger partial charge is 0.257 e. The zero-order chi connectivity index (χ0) is 15.9. The molecule has 0 unspecified atom stereocenters. The molecule has 1 aromatic heterocycles. The Morgan fingerprint density at radius 1 is 1.27 bits per heavy atom. The molecule has 7 heteroatoms. The van der Waals surface area contributed by atoms with E-state index in [9.17, 15) is 13.6 Å². The van der Waals surface area contributed by atoms with Crippen molar-refractivity contribution in [2.75, 3.05) is 13.2 Å². The van der Waals surface area contributed by atoms with Gasteiger partial charge in [0.2, 0.25) is 5.88 Å². The summed E-state index contributed by atoms with van der Waals surface area (Å²) >= 11 is 0. The van der Waals surface area contributed by atoms with Crippen LogP contribution in [-0.4, -0.2) is 24.0 Å². The van der Waals surface area contributed by atoms with E-state index in [1.807, 2.05) is 6.07 Å². The number of benzene rings is 1. The van der Waals surface area contributed by atoms with E-state index < -0.39 is 23.1 Å². The van der Waals surface area contributed by atoms with Crippen molar-refractivity contribution < 1.29 is 18.3 Å². The number of nitrogens with one attached hydrogen (secondary N) is 1. The first-order chi connectivity index (χ1) is 10.6. The van der Waals surface area contributed by atoms with Gasteiger partial charge in [0.25, 0.3) is 5.91 Å². The van der Waals surface area contributed by atoms with E-state index in [2.05, 4.69) is 10.3 Å². The van der Waals surface area contributed by atoms with Gasteiger partial charge in [-0.15, -0.1) is 0 Å². The molecule has 0 aliphatic rings. The molecule has 1 aromatic carbocycles. The largest absolute Gasteiger partial charge is 0.476 e. The minimum atomic E-state index is -0.924. The van der Waals surface area contributed by atoms with E-state index in [1.54, 1.807) is 0 Å². The highest BCUT2D eigenvalue weighted by Gasteiger charge is 2.16. The zero-order valence-electron chi connectivity index (χ0n) is 11.3. The van der Waals surface area contributed by atoms with Crippen LogP contribution in [0.3, 0.4) is 0 Å². The van der Waals surface area contributed by atoms with Crippen molar-refractivity contribution >= 4 is 5.91 Å². The van der Waals surface area contributed by atoms with Crippen LogP contribution in [0.25, 0.3) is 0 Å². The summed E-state index contributed by atoms with van der Waals surface area (Å²) in [5.41, 5.74) is -0.227. The van der Waals surface area contributed by atoms with Crippen molar-refractivity contribution in [2.24, 2.45) is 0 Å². The lowest BCUT2D eigenvalue weighted by atomic mass is 10.2. The standard InChI is InChI=1S/C15H11F2N3O2/c16-11-2-1-3-12(17)14(11)15(21)19-6-7-22-13-5-4-10(8-18)9-20-13/h1-5,9H,6-7H2,(H,19,21). The number of amides is 1. The SMILES string of the molecule is N#Cc1ccc(OCCNC(=O)c2c(F)cccc2F)nc1. The number of nitriles is 1. The van der Waals surface area contributed by atoms with E-state index >= 15 is 0 Å². The fraction of sp³-hybridized carbons (Fsp3) is 0.133. The lowest BCUT2D eigenvalue weighted by Gasteiger charge is -2.08. The Hall–Kier alpha value is -3.01. The summed E-state index contributed by atoms with van der Waals surface area (Å²) in [6.45, 7) is 0.120. The summed E-state index contributed by atoms with van der Waals surface area (Å²) in [6.07, 6.45) is 1.35. The van der Waals surface area contributed by atoms with Crippen molar-refractivity contribution in [1.82, 2.24) is 10.3 Å². The Bertz CT molecular complexity index is 691. The number of hydrogen-bond acceptors (Lipinski definition) is 4. The molecule has 0 spiro atoms.